The molecule has 0 aliphatic carbocycles. The Labute approximate surface area is 130 Å². The summed E-state index contributed by atoms with van der Waals surface area (Å²) in [4.78, 5) is 36.0. The molecule has 0 radical (unpaired) electrons. The van der Waals surface area contributed by atoms with Gasteiger partial charge in [0.15, 0.2) is 6.61 Å². The Morgan fingerprint density at radius 1 is 1.18 bits per heavy atom. The number of para-hydroxylation sites is 1. The van der Waals surface area contributed by atoms with Gasteiger partial charge in [0.05, 0.1) is 6.54 Å². The van der Waals surface area contributed by atoms with E-state index in [1.807, 2.05) is 32.0 Å². The molecule has 6 nitrogen and oxygen atoms in total. The predicted molar refractivity (Wildman–Crippen MR) is 83.4 cm³/mol. The van der Waals surface area contributed by atoms with Crippen LogP contribution in [0.25, 0.3) is 0 Å². The number of amides is 2. The van der Waals surface area contributed by atoms with Gasteiger partial charge in [0.1, 0.15) is 0 Å². The molecule has 1 N–H and O–H groups in total. The van der Waals surface area contributed by atoms with Gasteiger partial charge in [0.2, 0.25) is 5.91 Å². The molecule has 1 aromatic carbocycles. The minimum atomic E-state index is -0.443. The fourth-order valence-electron chi connectivity index (χ4n) is 1.85. The third-order valence-electron chi connectivity index (χ3n) is 3.20. The van der Waals surface area contributed by atoms with Crippen LogP contribution in [0.2, 0.25) is 0 Å². The van der Waals surface area contributed by atoms with Crippen LogP contribution in [-0.4, -0.2) is 42.9 Å². The molecule has 0 unspecified atom stereocenters. The van der Waals surface area contributed by atoms with Crippen molar-refractivity contribution in [3.8, 4) is 0 Å². The Morgan fingerprint density at radius 2 is 1.77 bits per heavy atom. The molecule has 1 rings (SSSR count). The molecule has 6 heteroatoms. The molecule has 0 bridgehead atoms. The summed E-state index contributed by atoms with van der Waals surface area (Å²) in [5.74, 6) is -1.16. The van der Waals surface area contributed by atoms with Crippen LogP contribution in [0.15, 0.2) is 18.2 Å². The van der Waals surface area contributed by atoms with Gasteiger partial charge in [-0.25, -0.2) is 0 Å². The second-order valence-electron chi connectivity index (χ2n) is 5.08. The molecule has 0 atom stereocenters. The third kappa shape index (κ3) is 5.20. The molecule has 0 fully saturated rings. The van der Waals surface area contributed by atoms with Crippen LogP contribution >= 0.6 is 0 Å². The molecule has 0 saturated carbocycles. The first kappa shape index (κ1) is 17.7. The topological polar surface area (TPSA) is 75.7 Å². The van der Waals surface area contributed by atoms with Crippen molar-refractivity contribution in [2.75, 3.05) is 25.5 Å². The van der Waals surface area contributed by atoms with Gasteiger partial charge in [-0.15, -0.1) is 0 Å². The quantitative estimate of drug-likeness (QED) is 0.811. The number of carbonyl (C=O) groups is 3. The van der Waals surface area contributed by atoms with Gasteiger partial charge in [-0.1, -0.05) is 25.1 Å². The highest BCUT2D eigenvalue weighted by Crippen LogP contribution is 2.19. The summed E-state index contributed by atoms with van der Waals surface area (Å²) in [6, 6.07) is 5.72. The summed E-state index contributed by atoms with van der Waals surface area (Å²) >= 11 is 0. The minimum absolute atomic E-state index is 0.101. The van der Waals surface area contributed by atoms with E-state index in [9.17, 15) is 14.4 Å². The number of rotatable bonds is 6. The number of ether oxygens (including phenoxy) is 1. The standard InChI is InChI=1S/C16H22N2O4/c1-5-15(21)22-10-14(20)18(4)9-13(19)17-16-11(2)7-6-8-12(16)3/h6-8H,5,9-10H2,1-4H3,(H,17,19). The molecular weight excluding hydrogens is 284 g/mol. The van der Waals surface area contributed by atoms with Crippen molar-refractivity contribution >= 4 is 23.5 Å². The number of hydrogen-bond donors (Lipinski definition) is 1. The summed E-state index contributed by atoms with van der Waals surface area (Å²) in [5.41, 5.74) is 2.67. The molecule has 120 valence electrons. The van der Waals surface area contributed by atoms with E-state index in [0.29, 0.717) is 0 Å². The Bertz CT molecular complexity index is 549. The molecule has 2 amide bonds. The van der Waals surface area contributed by atoms with Crippen LogP contribution in [0, 0.1) is 13.8 Å². The van der Waals surface area contributed by atoms with Gasteiger partial charge in [0.25, 0.3) is 5.91 Å². The van der Waals surface area contributed by atoms with Gasteiger partial charge in [0, 0.05) is 19.2 Å². The van der Waals surface area contributed by atoms with Crippen molar-refractivity contribution in [3.63, 3.8) is 0 Å². The van der Waals surface area contributed by atoms with Crippen LogP contribution in [0.3, 0.4) is 0 Å². The number of nitrogens with zero attached hydrogens (tertiary/aromatic N) is 1. The van der Waals surface area contributed by atoms with E-state index in [0.717, 1.165) is 16.8 Å². The third-order valence-corrected chi connectivity index (χ3v) is 3.20. The number of aryl methyl sites for hydroxylation is 2. The highest BCUT2D eigenvalue weighted by atomic mass is 16.5. The summed E-state index contributed by atoms with van der Waals surface area (Å²) < 4.78 is 4.75. The molecule has 0 spiro atoms. The van der Waals surface area contributed by atoms with Crippen molar-refractivity contribution < 1.29 is 19.1 Å². The number of anilines is 1. The number of hydrogen-bond acceptors (Lipinski definition) is 4. The first-order valence-electron chi connectivity index (χ1n) is 7.10. The first-order valence-corrected chi connectivity index (χ1v) is 7.10. The average Bonchev–Trinajstić information content (AvgIpc) is 2.48. The maximum Gasteiger partial charge on any atom is 0.306 e. The maximum atomic E-state index is 12.0. The van der Waals surface area contributed by atoms with Gasteiger partial charge in [-0.2, -0.15) is 0 Å². The average molecular weight is 306 g/mol. The lowest BCUT2D eigenvalue weighted by Gasteiger charge is -2.18. The minimum Gasteiger partial charge on any atom is -0.456 e. The van der Waals surface area contributed by atoms with Crippen molar-refractivity contribution in [2.45, 2.75) is 27.2 Å². The lowest BCUT2D eigenvalue weighted by molar-refractivity contribution is -0.151. The number of likely N-dealkylation sites (N-methyl/N-ethyl adjacent to an activating group) is 1. The molecule has 0 saturated heterocycles. The van der Waals surface area contributed by atoms with Crippen LogP contribution in [0.1, 0.15) is 24.5 Å². The van der Waals surface area contributed by atoms with Crippen molar-refractivity contribution in [3.05, 3.63) is 29.3 Å². The highest BCUT2D eigenvalue weighted by molar-refractivity contribution is 5.96. The second kappa shape index (κ2) is 8.17. The predicted octanol–water partition coefficient (Wildman–Crippen LogP) is 1.65. The molecule has 0 aliphatic rings. The molecule has 0 aliphatic heterocycles. The first-order chi connectivity index (χ1) is 10.3. The van der Waals surface area contributed by atoms with Crippen LogP contribution in [-0.2, 0) is 19.1 Å². The summed E-state index contributed by atoms with van der Waals surface area (Å²) in [5, 5.41) is 2.80. The fraction of sp³-hybridized carbons (Fsp3) is 0.438. The van der Waals surface area contributed by atoms with Crippen molar-refractivity contribution in [2.24, 2.45) is 0 Å². The Kier molecular flexibility index (Phi) is 6.56. The zero-order valence-corrected chi connectivity index (χ0v) is 13.4. The van der Waals surface area contributed by atoms with Crippen LogP contribution in [0.4, 0.5) is 5.69 Å². The molecule has 0 heterocycles. The Balaban J connectivity index is 2.54. The van der Waals surface area contributed by atoms with Crippen molar-refractivity contribution in [1.82, 2.24) is 4.90 Å². The SMILES string of the molecule is CCC(=O)OCC(=O)N(C)CC(=O)Nc1c(C)cccc1C. The van der Waals surface area contributed by atoms with Crippen LogP contribution < -0.4 is 5.32 Å². The van der Waals surface area contributed by atoms with Gasteiger partial charge in [-0.3, -0.25) is 14.4 Å². The summed E-state index contributed by atoms with van der Waals surface area (Å²) in [6.07, 6.45) is 0.212. The van der Waals surface area contributed by atoms with E-state index in [4.69, 9.17) is 4.74 Å². The summed E-state index contributed by atoms with van der Waals surface area (Å²) in [7, 11) is 1.49. The number of nitrogens with one attached hydrogen (secondary N) is 1. The molecule has 22 heavy (non-hydrogen) atoms. The van der Waals surface area contributed by atoms with E-state index < -0.39 is 11.9 Å². The maximum absolute atomic E-state index is 12.0. The van der Waals surface area contributed by atoms with Gasteiger partial charge in [-0.05, 0) is 25.0 Å². The lowest BCUT2D eigenvalue weighted by atomic mass is 10.1. The lowest BCUT2D eigenvalue weighted by Crippen LogP contribution is -2.37. The zero-order valence-electron chi connectivity index (χ0n) is 13.4. The molecular formula is C16H22N2O4. The van der Waals surface area contributed by atoms with E-state index in [-0.39, 0.29) is 25.5 Å². The van der Waals surface area contributed by atoms with E-state index in [1.165, 1.54) is 11.9 Å². The van der Waals surface area contributed by atoms with E-state index in [1.54, 1.807) is 6.92 Å². The fourth-order valence-corrected chi connectivity index (χ4v) is 1.85. The number of benzene rings is 1. The Morgan fingerprint density at radius 3 is 2.32 bits per heavy atom. The molecule has 1 aromatic rings. The number of esters is 1. The van der Waals surface area contributed by atoms with Gasteiger partial charge < -0.3 is 15.0 Å². The van der Waals surface area contributed by atoms with Gasteiger partial charge >= 0.3 is 5.97 Å². The molecule has 0 aromatic heterocycles. The zero-order chi connectivity index (χ0) is 16.7. The van der Waals surface area contributed by atoms with Crippen molar-refractivity contribution in [1.29, 1.82) is 0 Å². The van der Waals surface area contributed by atoms with Crippen LogP contribution in [0.5, 0.6) is 0 Å². The number of carbonyl (C=O) groups excluding carboxylic acids is 3. The second-order valence-corrected chi connectivity index (χ2v) is 5.08. The smallest absolute Gasteiger partial charge is 0.306 e. The monoisotopic (exact) mass is 306 g/mol. The Hall–Kier alpha value is -2.37. The largest absolute Gasteiger partial charge is 0.456 e. The highest BCUT2D eigenvalue weighted by Gasteiger charge is 2.15. The summed E-state index contributed by atoms with van der Waals surface area (Å²) in [6.45, 7) is 5.01. The van der Waals surface area contributed by atoms with E-state index in [2.05, 4.69) is 5.32 Å². The normalized spacial score (nSPS) is 10.0. The van der Waals surface area contributed by atoms with E-state index >= 15 is 0 Å².